The number of hydrogen-bond acceptors (Lipinski definition) is 5. The summed E-state index contributed by atoms with van der Waals surface area (Å²) in [6.45, 7) is 1.93. The number of ether oxygens (including phenoxy) is 1. The van der Waals surface area contributed by atoms with Crippen LogP contribution in [0.1, 0.15) is 16.1 Å². The van der Waals surface area contributed by atoms with Gasteiger partial charge in [-0.3, -0.25) is 0 Å². The molecule has 4 nitrogen and oxygen atoms in total. The van der Waals surface area contributed by atoms with Crippen LogP contribution >= 0.6 is 38.9 Å². The van der Waals surface area contributed by atoms with Crippen LogP contribution in [0.3, 0.4) is 0 Å². The lowest BCUT2D eigenvalue weighted by atomic mass is 10.2. The molecular weight excluding hydrogens is 352 g/mol. The number of aryl methyl sites for hydroxylation is 1. The molecule has 2 rings (SSSR count). The Morgan fingerprint density at radius 1 is 1.53 bits per heavy atom. The fraction of sp³-hybridized carbons (Fsp3) is 0.167. The Bertz CT molecular complexity index is 630. The van der Waals surface area contributed by atoms with Crippen LogP contribution < -0.4 is 5.32 Å². The van der Waals surface area contributed by atoms with Crippen LogP contribution in [0.25, 0.3) is 0 Å². The van der Waals surface area contributed by atoms with Crippen molar-refractivity contribution in [2.45, 2.75) is 6.92 Å². The average Bonchev–Trinajstić information content (AvgIpc) is 2.83. The predicted octanol–water partition coefficient (Wildman–Crippen LogP) is 4.40. The maximum atomic E-state index is 11.3. The third kappa shape index (κ3) is 3.26. The first-order chi connectivity index (χ1) is 9.01. The molecule has 7 heteroatoms. The molecule has 0 bridgehead atoms. The molecule has 0 aliphatic carbocycles. The number of halogens is 2. The second-order valence-electron chi connectivity index (χ2n) is 3.74. The Labute approximate surface area is 127 Å². The van der Waals surface area contributed by atoms with Crippen molar-refractivity contribution in [1.29, 1.82) is 0 Å². The molecule has 0 unspecified atom stereocenters. The lowest BCUT2D eigenvalue weighted by Gasteiger charge is -2.08. The topological polar surface area (TPSA) is 51.2 Å². The molecule has 2 aromatic rings. The van der Waals surface area contributed by atoms with E-state index >= 15 is 0 Å². The fourth-order valence-electron chi connectivity index (χ4n) is 1.39. The Balaban J connectivity index is 2.24. The summed E-state index contributed by atoms with van der Waals surface area (Å²) >= 11 is 10.9. The maximum absolute atomic E-state index is 11.3. The van der Waals surface area contributed by atoms with Gasteiger partial charge in [-0.05, 0) is 40.5 Å². The largest absolute Gasteiger partial charge is 0.464 e. The zero-order valence-corrected chi connectivity index (χ0v) is 13.3. The number of benzene rings is 1. The Kier molecular flexibility index (Phi) is 4.44. The normalized spacial score (nSPS) is 10.3. The minimum absolute atomic E-state index is 0.282. The van der Waals surface area contributed by atoms with Crippen LogP contribution in [-0.2, 0) is 4.74 Å². The number of anilines is 2. The highest BCUT2D eigenvalue weighted by Gasteiger charge is 2.12. The van der Waals surface area contributed by atoms with Crippen molar-refractivity contribution in [1.82, 2.24) is 4.98 Å². The van der Waals surface area contributed by atoms with Gasteiger partial charge in [0.2, 0.25) is 0 Å². The maximum Gasteiger partial charge on any atom is 0.357 e. The van der Waals surface area contributed by atoms with Crippen molar-refractivity contribution >= 4 is 55.7 Å². The molecule has 0 atom stereocenters. The number of carbonyl (C=O) groups is 1. The van der Waals surface area contributed by atoms with Gasteiger partial charge in [-0.2, -0.15) is 0 Å². The van der Waals surface area contributed by atoms with E-state index in [-0.39, 0.29) is 5.69 Å². The number of thiazole rings is 1. The van der Waals surface area contributed by atoms with E-state index in [9.17, 15) is 4.79 Å². The first kappa shape index (κ1) is 14.3. The van der Waals surface area contributed by atoms with E-state index < -0.39 is 5.97 Å². The summed E-state index contributed by atoms with van der Waals surface area (Å²) in [6.07, 6.45) is 0. The van der Waals surface area contributed by atoms with Crippen molar-refractivity contribution in [3.05, 3.63) is 38.3 Å². The van der Waals surface area contributed by atoms with E-state index in [1.807, 2.05) is 13.0 Å². The molecule has 0 amide bonds. The van der Waals surface area contributed by atoms with Crippen LogP contribution in [0, 0.1) is 6.92 Å². The van der Waals surface area contributed by atoms with Gasteiger partial charge in [-0.25, -0.2) is 9.78 Å². The number of esters is 1. The molecular formula is C12H10BrClN2O2S. The molecule has 1 heterocycles. The van der Waals surface area contributed by atoms with Crippen LogP contribution in [0.4, 0.5) is 10.8 Å². The number of methoxy groups -OCH3 is 1. The van der Waals surface area contributed by atoms with E-state index in [2.05, 4.69) is 31.0 Å². The van der Waals surface area contributed by atoms with Gasteiger partial charge in [0.25, 0.3) is 0 Å². The number of rotatable bonds is 3. The van der Waals surface area contributed by atoms with Crippen LogP contribution in [-0.4, -0.2) is 18.1 Å². The highest BCUT2D eigenvalue weighted by Crippen LogP contribution is 2.32. The van der Waals surface area contributed by atoms with Crippen molar-refractivity contribution in [2.24, 2.45) is 0 Å². The first-order valence-corrected chi connectivity index (χ1v) is 7.33. The SMILES string of the molecule is COC(=O)c1csc(Nc2cc(Cl)c(C)cc2Br)n1. The molecule has 0 radical (unpaired) electrons. The molecule has 0 fully saturated rings. The van der Waals surface area contributed by atoms with Crippen LogP contribution in [0.5, 0.6) is 0 Å². The highest BCUT2D eigenvalue weighted by molar-refractivity contribution is 9.10. The minimum atomic E-state index is -0.453. The molecule has 1 aromatic carbocycles. The van der Waals surface area contributed by atoms with E-state index in [0.29, 0.717) is 10.2 Å². The van der Waals surface area contributed by atoms with E-state index in [4.69, 9.17) is 11.6 Å². The van der Waals surface area contributed by atoms with E-state index in [0.717, 1.165) is 15.7 Å². The molecule has 1 N–H and O–H groups in total. The molecule has 100 valence electrons. The van der Waals surface area contributed by atoms with Crippen molar-refractivity contribution in [3.63, 3.8) is 0 Å². The third-order valence-electron chi connectivity index (χ3n) is 2.39. The monoisotopic (exact) mass is 360 g/mol. The van der Waals surface area contributed by atoms with E-state index in [1.165, 1.54) is 18.4 Å². The molecule has 1 aromatic heterocycles. The van der Waals surface area contributed by atoms with Crippen molar-refractivity contribution in [3.8, 4) is 0 Å². The van der Waals surface area contributed by atoms with Gasteiger partial charge in [0.05, 0.1) is 12.8 Å². The summed E-state index contributed by atoms with van der Waals surface area (Å²) in [7, 11) is 1.32. The van der Waals surface area contributed by atoms with Gasteiger partial charge in [-0.1, -0.05) is 11.6 Å². The Morgan fingerprint density at radius 3 is 2.95 bits per heavy atom. The molecule has 19 heavy (non-hydrogen) atoms. The second kappa shape index (κ2) is 5.90. The summed E-state index contributed by atoms with van der Waals surface area (Å²) in [5.41, 5.74) is 2.05. The highest BCUT2D eigenvalue weighted by atomic mass is 79.9. The van der Waals surface area contributed by atoms with Gasteiger partial charge in [-0.15, -0.1) is 11.3 Å². The minimum Gasteiger partial charge on any atom is -0.464 e. The Hall–Kier alpha value is -1.11. The number of aromatic nitrogens is 1. The zero-order valence-electron chi connectivity index (χ0n) is 10.2. The van der Waals surface area contributed by atoms with Crippen molar-refractivity contribution < 1.29 is 9.53 Å². The summed E-state index contributed by atoms with van der Waals surface area (Å²) < 4.78 is 5.48. The first-order valence-electron chi connectivity index (χ1n) is 5.27. The summed E-state index contributed by atoms with van der Waals surface area (Å²) in [6, 6.07) is 3.72. The van der Waals surface area contributed by atoms with Gasteiger partial charge in [0.15, 0.2) is 10.8 Å². The number of hydrogen-bond donors (Lipinski definition) is 1. The standard InChI is InChI=1S/C12H10BrClN2O2S/c1-6-3-7(13)9(4-8(6)14)15-12-16-10(5-19-12)11(17)18-2/h3-5H,1-2H3,(H,15,16). The fourth-order valence-corrected chi connectivity index (χ4v) is 2.80. The molecule has 0 saturated carbocycles. The van der Waals surface area contributed by atoms with Gasteiger partial charge in [0.1, 0.15) is 0 Å². The summed E-state index contributed by atoms with van der Waals surface area (Å²) in [5.74, 6) is -0.453. The van der Waals surface area contributed by atoms with Crippen molar-refractivity contribution in [2.75, 3.05) is 12.4 Å². The third-order valence-corrected chi connectivity index (χ3v) is 4.21. The quantitative estimate of drug-likeness (QED) is 0.823. The van der Waals surface area contributed by atoms with Crippen LogP contribution in [0.15, 0.2) is 22.0 Å². The summed E-state index contributed by atoms with van der Waals surface area (Å²) in [4.78, 5) is 15.4. The molecule has 0 aliphatic heterocycles. The predicted molar refractivity (Wildman–Crippen MR) is 80.6 cm³/mol. The number of nitrogens with zero attached hydrogens (tertiary/aromatic N) is 1. The molecule has 0 saturated heterocycles. The smallest absolute Gasteiger partial charge is 0.357 e. The molecule has 0 aliphatic rings. The van der Waals surface area contributed by atoms with Crippen LogP contribution in [0.2, 0.25) is 5.02 Å². The second-order valence-corrected chi connectivity index (χ2v) is 5.86. The van der Waals surface area contributed by atoms with E-state index in [1.54, 1.807) is 11.4 Å². The van der Waals surface area contributed by atoms with Gasteiger partial charge in [0, 0.05) is 14.9 Å². The lowest BCUT2D eigenvalue weighted by Crippen LogP contribution is -2.01. The van der Waals surface area contributed by atoms with Gasteiger partial charge < -0.3 is 10.1 Å². The van der Waals surface area contributed by atoms with Gasteiger partial charge >= 0.3 is 5.97 Å². The average molecular weight is 362 g/mol. The zero-order chi connectivity index (χ0) is 14.0. The summed E-state index contributed by atoms with van der Waals surface area (Å²) in [5, 5.41) is 6.01. The lowest BCUT2D eigenvalue weighted by molar-refractivity contribution is 0.0595. The Morgan fingerprint density at radius 2 is 2.26 bits per heavy atom. The number of nitrogens with one attached hydrogen (secondary N) is 1. The number of carbonyl (C=O) groups excluding carboxylic acids is 1. The molecule has 0 spiro atoms.